The van der Waals surface area contributed by atoms with Gasteiger partial charge < -0.3 is 4.90 Å². The molecular weight excluding hydrogens is 196 g/mol. The van der Waals surface area contributed by atoms with Gasteiger partial charge in [-0.15, -0.1) is 0 Å². The smallest absolute Gasteiger partial charge is 0.0905 e. The molecule has 0 unspecified atom stereocenters. The summed E-state index contributed by atoms with van der Waals surface area (Å²) in [6, 6.07) is 10.5. The van der Waals surface area contributed by atoms with E-state index >= 15 is 0 Å². The third-order valence-electron chi connectivity index (χ3n) is 2.74. The molecule has 0 spiro atoms. The van der Waals surface area contributed by atoms with Crippen molar-refractivity contribution in [3.63, 3.8) is 0 Å². The first-order valence-electron chi connectivity index (χ1n) is 5.62. The maximum absolute atomic E-state index is 4.51. The third kappa shape index (κ3) is 2.51. The van der Waals surface area contributed by atoms with Crippen LogP contribution in [0, 0.1) is 0 Å². The van der Waals surface area contributed by atoms with Crippen molar-refractivity contribution in [3.8, 4) is 0 Å². The summed E-state index contributed by atoms with van der Waals surface area (Å²) in [5.41, 5.74) is 2.52. The predicted molar refractivity (Wildman–Crippen MR) is 68.3 cm³/mol. The van der Waals surface area contributed by atoms with E-state index in [-0.39, 0.29) is 5.54 Å². The van der Waals surface area contributed by atoms with Crippen LogP contribution in [-0.2, 0) is 6.54 Å². The van der Waals surface area contributed by atoms with Gasteiger partial charge in [-0.2, -0.15) is 0 Å². The van der Waals surface area contributed by atoms with E-state index in [1.165, 1.54) is 11.3 Å². The Morgan fingerprint density at radius 2 is 1.88 bits per heavy atom. The van der Waals surface area contributed by atoms with Crippen LogP contribution in [0.2, 0.25) is 0 Å². The van der Waals surface area contributed by atoms with Crippen LogP contribution in [0.4, 0.5) is 0 Å². The van der Waals surface area contributed by atoms with E-state index < -0.39 is 0 Å². The number of aliphatic imine (C=N–C) groups is 1. The van der Waals surface area contributed by atoms with Crippen LogP contribution in [-0.4, -0.2) is 16.8 Å². The lowest BCUT2D eigenvalue weighted by molar-refractivity contribution is 0.477. The molecule has 84 valence electrons. The summed E-state index contributed by atoms with van der Waals surface area (Å²) in [6.07, 6.45) is 4.15. The second-order valence-electron chi connectivity index (χ2n) is 4.80. The number of nitrogens with zero attached hydrogens (tertiary/aromatic N) is 2. The maximum atomic E-state index is 4.51. The molecule has 0 fully saturated rings. The first-order valence-corrected chi connectivity index (χ1v) is 5.62. The number of hydrogen-bond donors (Lipinski definition) is 0. The first kappa shape index (κ1) is 10.9. The normalized spacial score (nSPS) is 18.4. The van der Waals surface area contributed by atoms with Crippen molar-refractivity contribution in [2.24, 2.45) is 4.99 Å². The molecule has 1 heterocycles. The molecule has 0 amide bonds. The van der Waals surface area contributed by atoms with Gasteiger partial charge in [0, 0.05) is 12.2 Å². The van der Waals surface area contributed by atoms with E-state index in [1.807, 2.05) is 12.4 Å². The van der Waals surface area contributed by atoms with Gasteiger partial charge in [0.1, 0.15) is 0 Å². The van der Waals surface area contributed by atoms with Crippen molar-refractivity contribution in [2.75, 3.05) is 0 Å². The highest BCUT2D eigenvalue weighted by Gasteiger charge is 2.18. The van der Waals surface area contributed by atoms with Crippen molar-refractivity contribution in [3.05, 3.63) is 47.7 Å². The number of rotatable bonds is 2. The third-order valence-corrected chi connectivity index (χ3v) is 2.74. The summed E-state index contributed by atoms with van der Waals surface area (Å²) >= 11 is 0. The predicted octanol–water partition coefficient (Wildman–Crippen LogP) is 3.21. The lowest BCUT2D eigenvalue weighted by Gasteiger charge is -2.29. The minimum atomic E-state index is -0.0583. The van der Waals surface area contributed by atoms with Gasteiger partial charge in [-0.3, -0.25) is 4.99 Å². The molecule has 0 atom stereocenters. The zero-order valence-electron chi connectivity index (χ0n) is 10.1. The summed E-state index contributed by atoms with van der Waals surface area (Å²) in [5, 5.41) is 0. The van der Waals surface area contributed by atoms with Gasteiger partial charge in [0.25, 0.3) is 0 Å². The van der Waals surface area contributed by atoms with Crippen LogP contribution in [0.3, 0.4) is 0 Å². The Morgan fingerprint density at radius 1 is 1.19 bits per heavy atom. The monoisotopic (exact) mass is 214 g/mol. The summed E-state index contributed by atoms with van der Waals surface area (Å²) in [5.74, 6) is 0. The lowest BCUT2D eigenvalue weighted by atomic mass is 10.0. The fourth-order valence-electron chi connectivity index (χ4n) is 1.89. The van der Waals surface area contributed by atoms with E-state index in [0.29, 0.717) is 0 Å². The fourth-order valence-corrected chi connectivity index (χ4v) is 1.89. The Labute approximate surface area is 97.3 Å². The Morgan fingerprint density at radius 3 is 2.50 bits per heavy atom. The fraction of sp³-hybridized carbons (Fsp3) is 0.357. The van der Waals surface area contributed by atoms with Gasteiger partial charge in [0.15, 0.2) is 0 Å². The highest BCUT2D eigenvalue weighted by Crippen LogP contribution is 2.21. The van der Waals surface area contributed by atoms with Gasteiger partial charge in [0.05, 0.1) is 11.9 Å². The molecule has 0 bridgehead atoms. The van der Waals surface area contributed by atoms with Gasteiger partial charge in [0.2, 0.25) is 0 Å². The molecule has 1 aliphatic rings. The second-order valence-corrected chi connectivity index (χ2v) is 4.80. The Balaban J connectivity index is 2.11. The topological polar surface area (TPSA) is 15.6 Å². The molecule has 0 aliphatic carbocycles. The molecular formula is C14H18N2. The SMILES string of the molecule is CC1=CC(C)(C)N=CN1Cc1ccccc1. The molecule has 2 rings (SSSR count). The highest BCUT2D eigenvalue weighted by atomic mass is 15.2. The van der Waals surface area contributed by atoms with Crippen molar-refractivity contribution >= 4 is 6.34 Å². The Hall–Kier alpha value is -1.57. The Kier molecular flexibility index (Phi) is 2.82. The number of hydrogen-bond acceptors (Lipinski definition) is 2. The summed E-state index contributed by atoms with van der Waals surface area (Å²) in [7, 11) is 0. The van der Waals surface area contributed by atoms with E-state index in [1.54, 1.807) is 0 Å². The quantitative estimate of drug-likeness (QED) is 0.738. The van der Waals surface area contributed by atoms with Crippen LogP contribution in [0.15, 0.2) is 47.1 Å². The maximum Gasteiger partial charge on any atom is 0.0905 e. The molecule has 1 aromatic rings. The highest BCUT2D eigenvalue weighted by molar-refractivity contribution is 5.61. The Bertz CT molecular complexity index is 416. The minimum Gasteiger partial charge on any atom is -0.333 e. The summed E-state index contributed by atoms with van der Waals surface area (Å²) in [6.45, 7) is 7.26. The zero-order valence-corrected chi connectivity index (χ0v) is 10.1. The average molecular weight is 214 g/mol. The van der Waals surface area contributed by atoms with Crippen LogP contribution in [0.1, 0.15) is 26.3 Å². The van der Waals surface area contributed by atoms with E-state index in [2.05, 4.69) is 61.0 Å². The molecule has 2 heteroatoms. The van der Waals surface area contributed by atoms with Gasteiger partial charge in [-0.25, -0.2) is 0 Å². The second kappa shape index (κ2) is 4.12. The molecule has 2 nitrogen and oxygen atoms in total. The largest absolute Gasteiger partial charge is 0.333 e. The van der Waals surface area contributed by atoms with Crippen LogP contribution in [0.25, 0.3) is 0 Å². The van der Waals surface area contributed by atoms with Crippen molar-refractivity contribution in [1.82, 2.24) is 4.90 Å². The number of allylic oxidation sites excluding steroid dienone is 1. The molecule has 0 aromatic heterocycles. The lowest BCUT2D eigenvalue weighted by Crippen LogP contribution is -2.29. The van der Waals surface area contributed by atoms with Gasteiger partial charge >= 0.3 is 0 Å². The number of benzene rings is 1. The van der Waals surface area contributed by atoms with Crippen LogP contribution in [0.5, 0.6) is 0 Å². The van der Waals surface area contributed by atoms with Crippen molar-refractivity contribution in [2.45, 2.75) is 32.9 Å². The van der Waals surface area contributed by atoms with Gasteiger partial charge in [-0.05, 0) is 32.4 Å². The molecule has 1 aliphatic heterocycles. The average Bonchev–Trinajstić information content (AvgIpc) is 2.23. The van der Waals surface area contributed by atoms with E-state index in [4.69, 9.17) is 0 Å². The summed E-state index contributed by atoms with van der Waals surface area (Å²) < 4.78 is 0. The molecule has 0 N–H and O–H groups in total. The first-order chi connectivity index (χ1) is 7.57. The minimum absolute atomic E-state index is 0.0583. The van der Waals surface area contributed by atoms with Crippen LogP contribution < -0.4 is 0 Å². The molecule has 0 saturated heterocycles. The van der Waals surface area contributed by atoms with Crippen LogP contribution >= 0.6 is 0 Å². The van der Waals surface area contributed by atoms with E-state index in [0.717, 1.165) is 6.54 Å². The molecule has 16 heavy (non-hydrogen) atoms. The zero-order chi connectivity index (χ0) is 11.6. The van der Waals surface area contributed by atoms with Crippen molar-refractivity contribution < 1.29 is 0 Å². The molecule has 0 saturated carbocycles. The summed E-state index contributed by atoms with van der Waals surface area (Å²) in [4.78, 5) is 6.70. The molecule has 1 aromatic carbocycles. The molecule has 0 radical (unpaired) electrons. The van der Waals surface area contributed by atoms with E-state index in [9.17, 15) is 0 Å². The standard InChI is InChI=1S/C14H18N2/c1-12-9-14(2,3)15-11-16(12)10-13-7-5-4-6-8-13/h4-9,11H,10H2,1-3H3. The van der Waals surface area contributed by atoms with Crippen molar-refractivity contribution in [1.29, 1.82) is 0 Å². The van der Waals surface area contributed by atoms with Gasteiger partial charge in [-0.1, -0.05) is 30.3 Å².